The van der Waals surface area contributed by atoms with Gasteiger partial charge in [0, 0.05) is 19.1 Å². The Hall–Kier alpha value is -1.58. The van der Waals surface area contributed by atoms with Crippen molar-refractivity contribution in [2.45, 2.75) is 45.1 Å². The highest BCUT2D eigenvalue weighted by Crippen LogP contribution is 2.19. The molecule has 1 fully saturated rings. The van der Waals surface area contributed by atoms with Gasteiger partial charge in [-0.05, 0) is 49.8 Å². The summed E-state index contributed by atoms with van der Waals surface area (Å²) >= 11 is 0. The molecule has 1 unspecified atom stereocenters. The fourth-order valence-corrected chi connectivity index (χ4v) is 2.80. The van der Waals surface area contributed by atoms with Gasteiger partial charge in [0.1, 0.15) is 5.82 Å². The maximum Gasteiger partial charge on any atom is 0.317 e. The Morgan fingerprint density at radius 2 is 2.30 bits per heavy atom. The highest BCUT2D eigenvalue weighted by atomic mass is 19.1. The summed E-state index contributed by atoms with van der Waals surface area (Å²) in [6.07, 6.45) is 5.08. The third kappa shape index (κ3) is 3.95. The lowest BCUT2D eigenvalue weighted by molar-refractivity contribution is 0.149. The van der Waals surface area contributed by atoms with Crippen molar-refractivity contribution in [1.82, 2.24) is 10.2 Å². The lowest BCUT2D eigenvalue weighted by Crippen LogP contribution is -2.48. The van der Waals surface area contributed by atoms with Gasteiger partial charge in [-0.25, -0.2) is 9.18 Å². The van der Waals surface area contributed by atoms with E-state index in [4.69, 9.17) is 0 Å². The number of nitrogens with zero attached hydrogens (tertiary/aromatic N) is 1. The van der Waals surface area contributed by atoms with Crippen LogP contribution in [0.3, 0.4) is 0 Å². The fraction of sp³-hybridized carbons (Fsp3) is 0.562. The molecule has 20 heavy (non-hydrogen) atoms. The van der Waals surface area contributed by atoms with Crippen LogP contribution in [-0.4, -0.2) is 30.1 Å². The molecule has 0 spiro atoms. The first-order chi connectivity index (χ1) is 9.70. The number of likely N-dealkylation sites (tertiary alicyclic amines) is 1. The lowest BCUT2D eigenvalue weighted by Gasteiger charge is -2.35. The van der Waals surface area contributed by atoms with E-state index in [1.807, 2.05) is 11.0 Å². The first kappa shape index (κ1) is 14.8. The minimum absolute atomic E-state index is 0.0213. The van der Waals surface area contributed by atoms with Gasteiger partial charge < -0.3 is 10.2 Å². The van der Waals surface area contributed by atoms with Crippen LogP contribution in [-0.2, 0) is 6.42 Å². The van der Waals surface area contributed by atoms with Crippen molar-refractivity contribution < 1.29 is 9.18 Å². The molecule has 110 valence electrons. The molecule has 0 aromatic heterocycles. The van der Waals surface area contributed by atoms with Crippen molar-refractivity contribution >= 4 is 6.03 Å². The van der Waals surface area contributed by atoms with Crippen molar-refractivity contribution in [3.63, 3.8) is 0 Å². The van der Waals surface area contributed by atoms with Gasteiger partial charge >= 0.3 is 6.03 Å². The van der Waals surface area contributed by atoms with Crippen molar-refractivity contribution in [1.29, 1.82) is 0 Å². The number of carbonyl (C=O) groups excluding carboxylic acids is 1. The van der Waals surface area contributed by atoms with Gasteiger partial charge in [0.2, 0.25) is 0 Å². The second-order valence-corrected chi connectivity index (χ2v) is 5.36. The van der Waals surface area contributed by atoms with Crippen molar-refractivity contribution in [3.05, 3.63) is 35.6 Å². The molecular weight excluding hydrogens is 255 g/mol. The van der Waals surface area contributed by atoms with Crippen LogP contribution in [0, 0.1) is 5.82 Å². The van der Waals surface area contributed by atoms with Crippen LogP contribution >= 0.6 is 0 Å². The van der Waals surface area contributed by atoms with Gasteiger partial charge in [0.05, 0.1) is 0 Å². The molecular formula is C16H23FN2O. The Labute approximate surface area is 120 Å². The highest BCUT2D eigenvalue weighted by molar-refractivity contribution is 5.74. The smallest absolute Gasteiger partial charge is 0.317 e. The van der Waals surface area contributed by atoms with Gasteiger partial charge in [0.15, 0.2) is 0 Å². The van der Waals surface area contributed by atoms with Crippen LogP contribution in [0.15, 0.2) is 24.3 Å². The summed E-state index contributed by atoms with van der Waals surface area (Å²) in [5.74, 6) is -0.226. The Bertz CT molecular complexity index is 450. The van der Waals surface area contributed by atoms with E-state index in [-0.39, 0.29) is 11.8 Å². The maximum absolute atomic E-state index is 13.0. The molecule has 2 amide bonds. The minimum Gasteiger partial charge on any atom is -0.338 e. The van der Waals surface area contributed by atoms with Crippen LogP contribution in [0.4, 0.5) is 9.18 Å². The van der Waals surface area contributed by atoms with Gasteiger partial charge in [0.25, 0.3) is 0 Å². The Morgan fingerprint density at radius 3 is 3.05 bits per heavy atom. The molecule has 0 bridgehead atoms. The summed E-state index contributed by atoms with van der Waals surface area (Å²) in [7, 11) is 0. The second-order valence-electron chi connectivity index (χ2n) is 5.36. The summed E-state index contributed by atoms with van der Waals surface area (Å²) < 4.78 is 13.0. The molecule has 0 aliphatic carbocycles. The van der Waals surface area contributed by atoms with Crippen LogP contribution in [0.2, 0.25) is 0 Å². The molecule has 1 N–H and O–H groups in total. The summed E-state index contributed by atoms with van der Waals surface area (Å²) in [5, 5.41) is 2.95. The molecule has 0 radical (unpaired) electrons. The average Bonchev–Trinajstić information content (AvgIpc) is 2.47. The van der Waals surface area contributed by atoms with E-state index in [1.54, 1.807) is 6.07 Å². The number of nitrogens with one attached hydrogen (secondary N) is 1. The molecule has 1 aromatic rings. The van der Waals surface area contributed by atoms with Crippen LogP contribution in [0.1, 0.15) is 38.2 Å². The average molecular weight is 278 g/mol. The number of rotatable bonds is 4. The van der Waals surface area contributed by atoms with Gasteiger partial charge in [-0.15, -0.1) is 0 Å². The largest absolute Gasteiger partial charge is 0.338 e. The van der Waals surface area contributed by atoms with E-state index in [1.165, 1.54) is 18.6 Å². The third-order valence-electron chi connectivity index (χ3n) is 3.94. The maximum atomic E-state index is 13.0. The SMILES string of the molecule is CCC1CCCCN1C(=O)NCCc1cccc(F)c1. The molecule has 1 aliphatic heterocycles. The first-order valence-corrected chi connectivity index (χ1v) is 7.49. The number of hydrogen-bond donors (Lipinski definition) is 1. The molecule has 1 atom stereocenters. The summed E-state index contributed by atoms with van der Waals surface area (Å²) in [6.45, 7) is 3.53. The van der Waals surface area contributed by atoms with Gasteiger partial charge in [-0.2, -0.15) is 0 Å². The molecule has 0 saturated carbocycles. The molecule has 4 heteroatoms. The first-order valence-electron chi connectivity index (χ1n) is 7.49. The summed E-state index contributed by atoms with van der Waals surface area (Å²) in [4.78, 5) is 14.1. The monoisotopic (exact) mass is 278 g/mol. The van der Waals surface area contributed by atoms with Crippen LogP contribution < -0.4 is 5.32 Å². The van der Waals surface area contributed by atoms with E-state index in [2.05, 4.69) is 12.2 Å². The number of carbonyl (C=O) groups is 1. The van der Waals surface area contributed by atoms with E-state index in [0.29, 0.717) is 19.0 Å². The van der Waals surface area contributed by atoms with Gasteiger partial charge in [-0.3, -0.25) is 0 Å². The number of piperidine rings is 1. The molecule has 2 rings (SSSR count). The predicted molar refractivity (Wildman–Crippen MR) is 78.1 cm³/mol. The zero-order valence-corrected chi connectivity index (χ0v) is 12.1. The van der Waals surface area contributed by atoms with Gasteiger partial charge in [-0.1, -0.05) is 19.1 Å². The van der Waals surface area contributed by atoms with Crippen molar-refractivity contribution in [2.75, 3.05) is 13.1 Å². The molecule has 1 saturated heterocycles. The number of halogens is 1. The Morgan fingerprint density at radius 1 is 1.45 bits per heavy atom. The number of urea groups is 1. The molecule has 3 nitrogen and oxygen atoms in total. The number of hydrogen-bond acceptors (Lipinski definition) is 1. The Kier molecular flexibility index (Phi) is 5.39. The van der Waals surface area contributed by atoms with E-state index in [9.17, 15) is 9.18 Å². The zero-order chi connectivity index (χ0) is 14.4. The zero-order valence-electron chi connectivity index (χ0n) is 12.1. The molecule has 1 aromatic carbocycles. The van der Waals surface area contributed by atoms with E-state index < -0.39 is 0 Å². The Balaban J connectivity index is 1.79. The molecule has 1 heterocycles. The number of benzene rings is 1. The fourth-order valence-electron chi connectivity index (χ4n) is 2.80. The molecule has 1 aliphatic rings. The topological polar surface area (TPSA) is 32.3 Å². The number of amides is 2. The van der Waals surface area contributed by atoms with Crippen molar-refractivity contribution in [3.8, 4) is 0 Å². The minimum atomic E-state index is -0.226. The summed E-state index contributed by atoms with van der Waals surface area (Å²) in [6, 6.07) is 6.92. The van der Waals surface area contributed by atoms with Crippen LogP contribution in [0.5, 0.6) is 0 Å². The third-order valence-corrected chi connectivity index (χ3v) is 3.94. The van der Waals surface area contributed by atoms with E-state index >= 15 is 0 Å². The second kappa shape index (κ2) is 7.27. The standard InChI is InChI=1S/C16H23FN2O/c1-2-15-8-3-4-11-19(15)16(20)18-10-9-13-6-5-7-14(17)12-13/h5-7,12,15H,2-4,8-11H2,1H3,(H,18,20). The lowest BCUT2D eigenvalue weighted by atomic mass is 10.0. The van der Waals surface area contributed by atoms with E-state index in [0.717, 1.165) is 31.4 Å². The normalized spacial score (nSPS) is 18.9. The van der Waals surface area contributed by atoms with Crippen molar-refractivity contribution in [2.24, 2.45) is 0 Å². The summed E-state index contributed by atoms with van der Waals surface area (Å²) in [5.41, 5.74) is 0.913. The predicted octanol–water partition coefficient (Wildman–Crippen LogP) is 3.34. The quantitative estimate of drug-likeness (QED) is 0.900. The van der Waals surface area contributed by atoms with Crippen LogP contribution in [0.25, 0.3) is 0 Å². The highest BCUT2D eigenvalue weighted by Gasteiger charge is 2.24.